The number of nitrogens with one attached hydrogen (secondary N) is 1. The highest BCUT2D eigenvalue weighted by atomic mass is 16.1. The predicted octanol–water partition coefficient (Wildman–Crippen LogP) is 3.30. The van der Waals surface area contributed by atoms with Crippen molar-refractivity contribution >= 4 is 5.82 Å². The normalized spacial score (nSPS) is 20.2. The Bertz CT molecular complexity index is 481. The summed E-state index contributed by atoms with van der Waals surface area (Å²) in [4.78, 5) is 21.6. The first-order valence-corrected chi connectivity index (χ1v) is 7.96. The maximum Gasteiger partial charge on any atom is 0.252 e. The highest BCUT2D eigenvalue weighted by molar-refractivity contribution is 5.37. The van der Waals surface area contributed by atoms with E-state index in [2.05, 4.69) is 35.6 Å². The van der Waals surface area contributed by atoms with Crippen LogP contribution in [0.5, 0.6) is 0 Å². The second-order valence-electron chi connectivity index (χ2n) is 6.22. The number of H-pyrrole nitrogens is 1. The van der Waals surface area contributed by atoms with Gasteiger partial charge in [-0.3, -0.25) is 4.79 Å². The molecule has 0 aromatic carbocycles. The molecule has 0 aliphatic carbocycles. The largest absolute Gasteiger partial charge is 0.356 e. The van der Waals surface area contributed by atoms with Crippen LogP contribution in [0.25, 0.3) is 0 Å². The second-order valence-corrected chi connectivity index (χ2v) is 6.22. The molecule has 1 unspecified atom stereocenters. The van der Waals surface area contributed by atoms with E-state index in [0.29, 0.717) is 0 Å². The van der Waals surface area contributed by atoms with E-state index in [-0.39, 0.29) is 11.5 Å². The molecule has 1 aliphatic heterocycles. The lowest BCUT2D eigenvalue weighted by Crippen LogP contribution is -2.28. The van der Waals surface area contributed by atoms with Crippen LogP contribution in [0.15, 0.2) is 10.9 Å². The maximum absolute atomic E-state index is 11.8. The molecule has 1 N–H and O–H groups in total. The van der Waals surface area contributed by atoms with Crippen molar-refractivity contribution in [3.8, 4) is 0 Å². The van der Waals surface area contributed by atoms with Crippen molar-refractivity contribution in [2.24, 2.45) is 5.92 Å². The van der Waals surface area contributed by atoms with Crippen LogP contribution in [0.3, 0.4) is 0 Å². The van der Waals surface area contributed by atoms with Gasteiger partial charge >= 0.3 is 0 Å². The average molecular weight is 277 g/mol. The van der Waals surface area contributed by atoms with Crippen LogP contribution in [-0.4, -0.2) is 23.1 Å². The quantitative estimate of drug-likeness (QED) is 0.918. The summed E-state index contributed by atoms with van der Waals surface area (Å²) >= 11 is 0. The lowest BCUT2D eigenvalue weighted by molar-refractivity contribution is 0.435. The van der Waals surface area contributed by atoms with Gasteiger partial charge in [-0.15, -0.1) is 0 Å². The molecular formula is C16H27N3O. The first kappa shape index (κ1) is 15.1. The minimum absolute atomic E-state index is 0.0342. The van der Waals surface area contributed by atoms with Gasteiger partial charge in [-0.2, -0.15) is 0 Å². The van der Waals surface area contributed by atoms with Gasteiger partial charge in [0.2, 0.25) is 0 Å². The van der Waals surface area contributed by atoms with Gasteiger partial charge in [-0.25, -0.2) is 4.98 Å². The van der Waals surface area contributed by atoms with E-state index in [1.54, 1.807) is 6.07 Å². The van der Waals surface area contributed by atoms with Crippen molar-refractivity contribution in [3.63, 3.8) is 0 Å². The Morgan fingerprint density at radius 3 is 2.90 bits per heavy atom. The number of hydrogen-bond acceptors (Lipinski definition) is 3. The third kappa shape index (κ3) is 3.84. The van der Waals surface area contributed by atoms with Crippen LogP contribution in [-0.2, 0) is 0 Å². The summed E-state index contributed by atoms with van der Waals surface area (Å²) in [7, 11) is 0. The van der Waals surface area contributed by atoms with Crippen LogP contribution in [0, 0.1) is 5.92 Å². The molecule has 0 spiro atoms. The predicted molar refractivity (Wildman–Crippen MR) is 83.4 cm³/mol. The molecule has 1 saturated heterocycles. The standard InChI is InChI=1S/C16H27N3O/c1-4-6-13-7-5-9-19(10-8-13)14-11-15(20)18-16(17-14)12(2)3/h11-13H,4-10H2,1-3H3,(H,17,18,20). The first-order chi connectivity index (χ1) is 9.60. The van der Waals surface area contributed by atoms with E-state index in [0.717, 1.165) is 30.6 Å². The third-order valence-corrected chi connectivity index (χ3v) is 4.16. The molecule has 1 fully saturated rings. The third-order valence-electron chi connectivity index (χ3n) is 4.16. The first-order valence-electron chi connectivity index (χ1n) is 7.96. The summed E-state index contributed by atoms with van der Waals surface area (Å²) < 4.78 is 0. The number of anilines is 1. The minimum Gasteiger partial charge on any atom is -0.356 e. The lowest BCUT2D eigenvalue weighted by atomic mass is 9.96. The summed E-state index contributed by atoms with van der Waals surface area (Å²) in [5.74, 6) is 2.75. The molecule has 4 heteroatoms. The smallest absolute Gasteiger partial charge is 0.252 e. The summed E-state index contributed by atoms with van der Waals surface area (Å²) in [5.41, 5.74) is -0.0342. The lowest BCUT2D eigenvalue weighted by Gasteiger charge is -2.22. The van der Waals surface area contributed by atoms with E-state index < -0.39 is 0 Å². The fraction of sp³-hybridized carbons (Fsp3) is 0.750. The number of aromatic nitrogens is 2. The summed E-state index contributed by atoms with van der Waals surface area (Å²) in [6.07, 6.45) is 6.33. The van der Waals surface area contributed by atoms with Crippen LogP contribution in [0.1, 0.15) is 64.6 Å². The zero-order chi connectivity index (χ0) is 14.5. The van der Waals surface area contributed by atoms with E-state index in [9.17, 15) is 4.79 Å². The van der Waals surface area contributed by atoms with E-state index in [1.165, 1.54) is 32.1 Å². The average Bonchev–Trinajstić information content (AvgIpc) is 2.64. The van der Waals surface area contributed by atoms with Crippen molar-refractivity contribution in [1.82, 2.24) is 9.97 Å². The van der Waals surface area contributed by atoms with Crippen LogP contribution >= 0.6 is 0 Å². The van der Waals surface area contributed by atoms with Gasteiger partial charge in [0.05, 0.1) is 0 Å². The van der Waals surface area contributed by atoms with Gasteiger partial charge in [-0.05, 0) is 25.2 Å². The Hall–Kier alpha value is -1.32. The van der Waals surface area contributed by atoms with E-state index >= 15 is 0 Å². The molecule has 20 heavy (non-hydrogen) atoms. The van der Waals surface area contributed by atoms with Crippen LogP contribution < -0.4 is 10.5 Å². The van der Waals surface area contributed by atoms with Gasteiger partial charge in [-0.1, -0.05) is 33.6 Å². The van der Waals surface area contributed by atoms with Gasteiger partial charge in [0.1, 0.15) is 11.6 Å². The summed E-state index contributed by atoms with van der Waals surface area (Å²) in [6.45, 7) is 8.42. The molecule has 1 aromatic heterocycles. The fourth-order valence-corrected chi connectivity index (χ4v) is 2.99. The van der Waals surface area contributed by atoms with Crippen LogP contribution in [0.4, 0.5) is 5.82 Å². The zero-order valence-electron chi connectivity index (χ0n) is 13.0. The van der Waals surface area contributed by atoms with E-state index in [4.69, 9.17) is 0 Å². The number of aromatic amines is 1. The summed E-state index contributed by atoms with van der Waals surface area (Å²) in [5, 5.41) is 0. The minimum atomic E-state index is -0.0342. The van der Waals surface area contributed by atoms with Gasteiger partial charge in [0, 0.05) is 25.1 Å². The Morgan fingerprint density at radius 1 is 1.40 bits per heavy atom. The Labute approximate surface area is 121 Å². The monoisotopic (exact) mass is 277 g/mol. The molecule has 0 bridgehead atoms. The molecule has 112 valence electrons. The van der Waals surface area contributed by atoms with Crippen LogP contribution in [0.2, 0.25) is 0 Å². The SMILES string of the molecule is CCCC1CCCN(c2cc(=O)[nH]c(C(C)C)n2)CC1. The molecule has 0 saturated carbocycles. The van der Waals surface area contributed by atoms with E-state index in [1.807, 2.05) is 0 Å². The maximum atomic E-state index is 11.8. The highest BCUT2D eigenvalue weighted by Gasteiger charge is 2.18. The Kier molecular flexibility index (Phi) is 5.21. The topological polar surface area (TPSA) is 49.0 Å². The second kappa shape index (κ2) is 6.91. The molecule has 1 aliphatic rings. The Balaban J connectivity index is 2.13. The van der Waals surface area contributed by atoms with Crippen molar-refractivity contribution in [3.05, 3.63) is 22.2 Å². The Morgan fingerprint density at radius 2 is 2.20 bits per heavy atom. The number of hydrogen-bond donors (Lipinski definition) is 1. The molecule has 2 heterocycles. The number of rotatable bonds is 4. The molecule has 4 nitrogen and oxygen atoms in total. The molecule has 0 amide bonds. The molecule has 1 atom stereocenters. The molecule has 1 aromatic rings. The van der Waals surface area contributed by atoms with Gasteiger partial charge in [0.25, 0.3) is 5.56 Å². The van der Waals surface area contributed by atoms with Crippen molar-refractivity contribution < 1.29 is 0 Å². The van der Waals surface area contributed by atoms with Crippen molar-refractivity contribution in [1.29, 1.82) is 0 Å². The fourth-order valence-electron chi connectivity index (χ4n) is 2.99. The van der Waals surface area contributed by atoms with Crippen molar-refractivity contribution in [2.75, 3.05) is 18.0 Å². The molecule has 2 rings (SSSR count). The number of nitrogens with zero attached hydrogens (tertiary/aromatic N) is 2. The van der Waals surface area contributed by atoms with Gasteiger partial charge < -0.3 is 9.88 Å². The zero-order valence-corrected chi connectivity index (χ0v) is 13.0. The van der Waals surface area contributed by atoms with Crippen molar-refractivity contribution in [2.45, 2.75) is 58.8 Å². The summed E-state index contributed by atoms with van der Waals surface area (Å²) in [6, 6.07) is 1.64. The highest BCUT2D eigenvalue weighted by Crippen LogP contribution is 2.24. The molecular weight excluding hydrogens is 250 g/mol. The van der Waals surface area contributed by atoms with Gasteiger partial charge in [0.15, 0.2) is 0 Å². The molecule has 0 radical (unpaired) electrons.